The lowest BCUT2D eigenvalue weighted by Gasteiger charge is -2.48. The van der Waals surface area contributed by atoms with Gasteiger partial charge in [0.15, 0.2) is 0 Å². The van der Waals surface area contributed by atoms with Crippen LogP contribution in [0.25, 0.3) is 0 Å². The normalized spacial score (nSPS) is 23.2. The van der Waals surface area contributed by atoms with E-state index in [-0.39, 0.29) is 23.9 Å². The van der Waals surface area contributed by atoms with Crippen LogP contribution < -0.4 is 10.6 Å². The maximum Gasteiger partial charge on any atom is 0.320 e. The summed E-state index contributed by atoms with van der Waals surface area (Å²) in [5, 5.41) is 15.3. The molecule has 2 fully saturated rings. The Hall–Kier alpha value is -1.18. The van der Waals surface area contributed by atoms with E-state index in [1.807, 2.05) is 13.8 Å². The molecule has 2 aliphatic rings. The number of hydrogen-bond donors (Lipinski definition) is 3. The molecule has 0 radical (unpaired) electrons. The lowest BCUT2D eigenvalue weighted by atomic mass is 9.79. The SMILES string of the molecule is CC[C@H](C)[C@H](NCC(=O)NCC1(N2CCOCC2)CCCCC1)C(=O)O. The molecule has 1 saturated carbocycles. The van der Waals surface area contributed by atoms with Crippen LogP contribution in [0, 0.1) is 5.92 Å². The van der Waals surface area contributed by atoms with Crippen molar-refractivity contribution in [2.45, 2.75) is 64.0 Å². The zero-order valence-corrected chi connectivity index (χ0v) is 16.3. The van der Waals surface area contributed by atoms with E-state index in [4.69, 9.17) is 4.74 Å². The van der Waals surface area contributed by atoms with Gasteiger partial charge in [-0.1, -0.05) is 39.5 Å². The van der Waals surface area contributed by atoms with Gasteiger partial charge in [0.2, 0.25) is 5.91 Å². The van der Waals surface area contributed by atoms with Gasteiger partial charge in [0.05, 0.1) is 19.8 Å². The first-order valence-electron chi connectivity index (χ1n) is 10.0. The van der Waals surface area contributed by atoms with E-state index in [9.17, 15) is 14.7 Å². The predicted molar refractivity (Wildman–Crippen MR) is 100 cm³/mol. The van der Waals surface area contributed by atoms with Crippen molar-refractivity contribution < 1.29 is 19.4 Å². The lowest BCUT2D eigenvalue weighted by molar-refractivity contribution is -0.141. The molecular formula is C19H35N3O4. The number of carboxylic acids is 1. The molecule has 150 valence electrons. The van der Waals surface area contributed by atoms with E-state index in [2.05, 4.69) is 15.5 Å². The van der Waals surface area contributed by atoms with Crippen LogP contribution in [0.5, 0.6) is 0 Å². The number of nitrogens with zero attached hydrogens (tertiary/aromatic N) is 1. The van der Waals surface area contributed by atoms with E-state index in [1.54, 1.807) is 0 Å². The van der Waals surface area contributed by atoms with Crippen LogP contribution in [0.3, 0.4) is 0 Å². The minimum atomic E-state index is -0.899. The smallest absolute Gasteiger partial charge is 0.320 e. The van der Waals surface area contributed by atoms with Crippen molar-refractivity contribution in [3.63, 3.8) is 0 Å². The Morgan fingerprint density at radius 3 is 2.42 bits per heavy atom. The summed E-state index contributed by atoms with van der Waals surface area (Å²) >= 11 is 0. The van der Waals surface area contributed by atoms with Crippen molar-refractivity contribution in [2.75, 3.05) is 39.4 Å². The monoisotopic (exact) mass is 369 g/mol. The molecular weight excluding hydrogens is 334 g/mol. The minimum Gasteiger partial charge on any atom is -0.480 e. The highest BCUT2D eigenvalue weighted by Gasteiger charge is 2.38. The van der Waals surface area contributed by atoms with Gasteiger partial charge in [0, 0.05) is 25.2 Å². The van der Waals surface area contributed by atoms with Crippen LogP contribution >= 0.6 is 0 Å². The van der Waals surface area contributed by atoms with Gasteiger partial charge >= 0.3 is 5.97 Å². The first kappa shape index (κ1) is 21.1. The number of rotatable bonds is 9. The molecule has 0 aromatic rings. The van der Waals surface area contributed by atoms with Gasteiger partial charge < -0.3 is 15.2 Å². The Morgan fingerprint density at radius 2 is 1.85 bits per heavy atom. The molecule has 1 heterocycles. The third-order valence-electron chi connectivity index (χ3n) is 6.04. The quantitative estimate of drug-likeness (QED) is 0.566. The largest absolute Gasteiger partial charge is 0.480 e. The minimum absolute atomic E-state index is 0.0154. The number of ether oxygens (including phenoxy) is 1. The van der Waals surface area contributed by atoms with E-state index in [1.165, 1.54) is 19.3 Å². The summed E-state index contributed by atoms with van der Waals surface area (Å²) in [7, 11) is 0. The first-order chi connectivity index (χ1) is 12.5. The van der Waals surface area contributed by atoms with Crippen LogP contribution in [-0.2, 0) is 14.3 Å². The fourth-order valence-corrected chi connectivity index (χ4v) is 4.15. The van der Waals surface area contributed by atoms with Gasteiger partial charge in [-0.2, -0.15) is 0 Å². The van der Waals surface area contributed by atoms with Gasteiger partial charge in [-0.15, -0.1) is 0 Å². The topological polar surface area (TPSA) is 90.9 Å². The van der Waals surface area contributed by atoms with Crippen molar-refractivity contribution in [3.8, 4) is 0 Å². The zero-order chi connectivity index (χ0) is 19.0. The molecule has 0 bridgehead atoms. The first-order valence-corrected chi connectivity index (χ1v) is 10.0. The number of hydrogen-bond acceptors (Lipinski definition) is 5. The Morgan fingerprint density at radius 1 is 1.19 bits per heavy atom. The molecule has 1 saturated heterocycles. The highest BCUT2D eigenvalue weighted by molar-refractivity contribution is 5.80. The lowest BCUT2D eigenvalue weighted by Crippen LogP contribution is -2.60. The van der Waals surface area contributed by atoms with Crippen LogP contribution in [0.2, 0.25) is 0 Å². The Balaban J connectivity index is 1.87. The maximum atomic E-state index is 12.3. The van der Waals surface area contributed by atoms with E-state index in [0.29, 0.717) is 6.54 Å². The highest BCUT2D eigenvalue weighted by Crippen LogP contribution is 2.33. The molecule has 7 heteroatoms. The molecule has 0 spiro atoms. The van der Waals surface area contributed by atoms with Gasteiger partial charge in [-0.25, -0.2) is 0 Å². The van der Waals surface area contributed by atoms with Crippen molar-refractivity contribution >= 4 is 11.9 Å². The number of carboxylic acid groups (broad SMARTS) is 1. The Bertz CT molecular complexity index is 460. The zero-order valence-electron chi connectivity index (χ0n) is 16.3. The molecule has 1 aliphatic heterocycles. The second-order valence-corrected chi connectivity index (χ2v) is 7.74. The highest BCUT2D eigenvalue weighted by atomic mass is 16.5. The van der Waals surface area contributed by atoms with Crippen molar-refractivity contribution in [1.29, 1.82) is 0 Å². The number of carbonyl (C=O) groups is 2. The molecule has 3 N–H and O–H groups in total. The third kappa shape index (κ3) is 5.66. The number of nitrogens with one attached hydrogen (secondary N) is 2. The predicted octanol–water partition coefficient (Wildman–Crippen LogP) is 1.23. The van der Waals surface area contributed by atoms with Gasteiger partial charge in [0.25, 0.3) is 0 Å². The molecule has 0 unspecified atom stereocenters. The average Bonchev–Trinajstić information content (AvgIpc) is 2.67. The summed E-state index contributed by atoms with van der Waals surface area (Å²) in [5.74, 6) is -1.04. The molecule has 2 rings (SSSR count). The second-order valence-electron chi connectivity index (χ2n) is 7.74. The van der Waals surface area contributed by atoms with E-state index >= 15 is 0 Å². The average molecular weight is 370 g/mol. The standard InChI is InChI=1S/C19H35N3O4/c1-3-15(2)17(18(24)25)20-13-16(23)21-14-19(7-5-4-6-8-19)22-9-11-26-12-10-22/h15,17,20H,3-14H2,1-2H3,(H,21,23)(H,24,25)/t15-,17-/m0/s1. The Kier molecular flexibility index (Phi) is 8.31. The van der Waals surface area contributed by atoms with Crippen LogP contribution in [0.1, 0.15) is 52.4 Å². The molecule has 26 heavy (non-hydrogen) atoms. The third-order valence-corrected chi connectivity index (χ3v) is 6.04. The van der Waals surface area contributed by atoms with Crippen LogP contribution in [0.4, 0.5) is 0 Å². The number of carbonyl (C=O) groups excluding carboxylic acids is 1. The van der Waals surface area contributed by atoms with Gasteiger partial charge in [0.1, 0.15) is 6.04 Å². The fourth-order valence-electron chi connectivity index (χ4n) is 4.15. The van der Waals surface area contributed by atoms with Crippen molar-refractivity contribution in [1.82, 2.24) is 15.5 Å². The van der Waals surface area contributed by atoms with Crippen LogP contribution in [-0.4, -0.2) is 72.9 Å². The molecule has 7 nitrogen and oxygen atoms in total. The summed E-state index contributed by atoms with van der Waals surface area (Å²) in [5.41, 5.74) is 0.0284. The summed E-state index contributed by atoms with van der Waals surface area (Å²) in [6, 6.07) is -0.686. The van der Waals surface area contributed by atoms with Gasteiger partial charge in [-0.05, 0) is 18.8 Å². The molecule has 1 amide bonds. The number of aliphatic carboxylic acids is 1. The van der Waals surface area contributed by atoms with E-state index < -0.39 is 12.0 Å². The van der Waals surface area contributed by atoms with Crippen molar-refractivity contribution in [2.24, 2.45) is 5.92 Å². The molecule has 2 atom stereocenters. The van der Waals surface area contributed by atoms with Crippen molar-refractivity contribution in [3.05, 3.63) is 0 Å². The number of amides is 1. The van der Waals surface area contributed by atoms with Crippen LogP contribution in [0.15, 0.2) is 0 Å². The van der Waals surface area contributed by atoms with E-state index in [0.717, 1.165) is 45.6 Å². The molecule has 0 aromatic heterocycles. The van der Waals surface area contributed by atoms with Gasteiger partial charge in [-0.3, -0.25) is 19.8 Å². The molecule has 0 aromatic carbocycles. The summed E-state index contributed by atoms with van der Waals surface area (Å²) < 4.78 is 5.49. The number of morpholine rings is 1. The Labute approximate surface area is 156 Å². The summed E-state index contributed by atoms with van der Waals surface area (Å²) in [6.07, 6.45) is 6.61. The fraction of sp³-hybridized carbons (Fsp3) is 0.895. The second kappa shape index (κ2) is 10.2. The summed E-state index contributed by atoms with van der Waals surface area (Å²) in [4.78, 5) is 26.2. The maximum absolute atomic E-state index is 12.3. The molecule has 1 aliphatic carbocycles. The summed E-state index contributed by atoms with van der Waals surface area (Å²) in [6.45, 7) is 7.87.